The van der Waals surface area contributed by atoms with Gasteiger partial charge in [0.2, 0.25) is 11.8 Å². The summed E-state index contributed by atoms with van der Waals surface area (Å²) in [5.41, 5.74) is -2.33. The van der Waals surface area contributed by atoms with Gasteiger partial charge in [-0.25, -0.2) is 17.2 Å². The summed E-state index contributed by atoms with van der Waals surface area (Å²) in [6.45, 7) is 0. The molecular weight excluding hydrogens is 636 g/mol. The Kier molecular flexibility index (Phi) is 8.27. The van der Waals surface area contributed by atoms with Crippen molar-refractivity contribution in [2.24, 2.45) is 23.5 Å². The van der Waals surface area contributed by atoms with E-state index in [1.54, 1.807) is 0 Å². The van der Waals surface area contributed by atoms with Crippen LogP contribution in [0.15, 0.2) is 47.4 Å². The number of aryl methyl sites for hydroxylation is 1. The summed E-state index contributed by atoms with van der Waals surface area (Å²) in [6.07, 6.45) is -11.4. The Hall–Kier alpha value is -3.23. The maximum Gasteiger partial charge on any atom is 0.435 e. The van der Waals surface area contributed by atoms with Crippen molar-refractivity contribution in [1.29, 1.82) is 0 Å². The van der Waals surface area contributed by atoms with Crippen LogP contribution in [0.2, 0.25) is 0 Å². The quantitative estimate of drug-likeness (QED) is 0.295. The molecule has 0 spiro atoms. The molecule has 0 aromatic heterocycles. The molecule has 5 rings (SSSR count). The third kappa shape index (κ3) is 5.28. The smallest absolute Gasteiger partial charge is 0.369 e. The first-order valence-electron chi connectivity index (χ1n) is 14.4. The summed E-state index contributed by atoms with van der Waals surface area (Å²) >= 11 is 0. The van der Waals surface area contributed by atoms with E-state index < -0.39 is 67.8 Å². The number of hydrogen-bond acceptors (Lipinski definition) is 4. The van der Waals surface area contributed by atoms with Crippen LogP contribution < -0.4 is 11.1 Å². The Morgan fingerprint density at radius 2 is 1.40 bits per heavy atom. The monoisotopic (exact) mass is 666 g/mol. The van der Waals surface area contributed by atoms with Gasteiger partial charge in [-0.05, 0) is 86.8 Å². The highest BCUT2D eigenvalue weighted by molar-refractivity contribution is 7.92. The number of carbonyl (C=O) groups excluding carboxylic acids is 2. The summed E-state index contributed by atoms with van der Waals surface area (Å²) < 4.78 is 137. The molecule has 0 bridgehead atoms. The summed E-state index contributed by atoms with van der Waals surface area (Å²) in [7, 11) is -4.51. The van der Waals surface area contributed by atoms with E-state index in [0.717, 1.165) is 30.3 Å². The van der Waals surface area contributed by atoms with Crippen LogP contribution in [0.25, 0.3) is 0 Å². The zero-order valence-corrected chi connectivity index (χ0v) is 24.5. The first kappa shape index (κ1) is 33.1. The van der Waals surface area contributed by atoms with Crippen molar-refractivity contribution >= 4 is 21.7 Å². The van der Waals surface area contributed by atoms with E-state index in [2.05, 4.69) is 5.32 Å². The van der Waals surface area contributed by atoms with Gasteiger partial charge >= 0.3 is 18.0 Å². The minimum atomic E-state index is -6.35. The molecule has 0 radical (unpaired) electrons. The highest BCUT2D eigenvalue weighted by Gasteiger charge is 2.73. The van der Waals surface area contributed by atoms with Crippen LogP contribution in [0.1, 0.15) is 61.6 Å². The van der Waals surface area contributed by atoms with Gasteiger partial charge in [0.05, 0.1) is 4.90 Å². The number of fused-ring (bicyclic) bond motifs is 3. The van der Waals surface area contributed by atoms with E-state index >= 15 is 0 Å². The second-order valence-corrected chi connectivity index (χ2v) is 14.3. The number of nitrogens with one attached hydrogen (secondary N) is 1. The van der Waals surface area contributed by atoms with Gasteiger partial charge in [-0.3, -0.25) is 9.59 Å². The number of primary amides is 1. The van der Waals surface area contributed by atoms with E-state index in [-0.39, 0.29) is 53.5 Å². The van der Waals surface area contributed by atoms with Gasteiger partial charge in [0.1, 0.15) is 10.6 Å². The zero-order chi connectivity index (χ0) is 33.2. The van der Waals surface area contributed by atoms with Crippen LogP contribution in [0.3, 0.4) is 0 Å². The molecule has 2 amide bonds. The first-order chi connectivity index (χ1) is 20.8. The predicted octanol–water partition coefficient (Wildman–Crippen LogP) is 5.92. The zero-order valence-electron chi connectivity index (χ0n) is 23.7. The third-order valence-corrected chi connectivity index (χ3v) is 12.4. The van der Waals surface area contributed by atoms with Gasteiger partial charge in [-0.1, -0.05) is 18.2 Å². The number of alkyl halides is 7. The number of nitrogens with two attached hydrogens (primary N) is 1. The molecule has 6 nitrogen and oxygen atoms in total. The molecule has 3 atom stereocenters. The lowest BCUT2D eigenvalue weighted by atomic mass is 9.73. The minimum absolute atomic E-state index is 0.0619. The van der Waals surface area contributed by atoms with Crippen LogP contribution in [0, 0.1) is 23.6 Å². The Labute approximate surface area is 253 Å². The lowest BCUT2D eigenvalue weighted by molar-refractivity contribution is -0.348. The number of carbonyl (C=O) groups is 2. The topological polar surface area (TPSA) is 106 Å². The highest BCUT2D eigenvalue weighted by Crippen LogP contribution is 2.59. The predicted molar refractivity (Wildman–Crippen MR) is 144 cm³/mol. The van der Waals surface area contributed by atoms with E-state index in [4.69, 9.17) is 5.73 Å². The van der Waals surface area contributed by atoms with Gasteiger partial charge in [-0.15, -0.1) is 0 Å². The molecule has 3 aliphatic carbocycles. The number of amides is 2. The standard InChI is InChI=1S/C30H30F8N2O4S/c31-20-7-9-21(10-8-20)45(43,44)27-14-13-24(40-26(42)17-3-1-16(2-4-17)25(39)41)23(27)11-5-18-15-19(6-12-22(18)27)28(32,29(33,34)35)30(36,37)38/h6-10,12,15-17,23-24H,1-5,11,13-14H2,(H2,39,41)(H,40,42)/t16-,17-,23-,24+,27+/m0/s1. The molecular formula is C30H30F8N2O4S. The van der Waals surface area contributed by atoms with E-state index in [9.17, 15) is 53.1 Å². The second kappa shape index (κ2) is 11.2. The number of sulfone groups is 1. The fraction of sp³-hybridized carbons (Fsp3) is 0.533. The molecule has 2 aromatic rings. The van der Waals surface area contributed by atoms with Crippen LogP contribution in [-0.4, -0.2) is 38.6 Å². The summed E-state index contributed by atoms with van der Waals surface area (Å²) in [5.74, 6) is -3.25. The molecule has 0 saturated heterocycles. The molecule has 0 aliphatic heterocycles. The second-order valence-electron chi connectivity index (χ2n) is 12.1. The van der Waals surface area contributed by atoms with Gasteiger partial charge in [0.15, 0.2) is 9.84 Å². The molecule has 246 valence electrons. The summed E-state index contributed by atoms with van der Waals surface area (Å²) in [6, 6.07) is 4.66. The normalized spacial score (nSPS) is 27.4. The van der Waals surface area contributed by atoms with Crippen molar-refractivity contribution in [3.63, 3.8) is 0 Å². The van der Waals surface area contributed by atoms with Crippen molar-refractivity contribution in [3.8, 4) is 0 Å². The highest BCUT2D eigenvalue weighted by atomic mass is 32.2. The van der Waals surface area contributed by atoms with Crippen molar-refractivity contribution in [1.82, 2.24) is 5.32 Å². The largest absolute Gasteiger partial charge is 0.435 e. The van der Waals surface area contributed by atoms with Gasteiger partial charge < -0.3 is 11.1 Å². The lowest BCUT2D eigenvalue weighted by Gasteiger charge is -2.43. The molecule has 15 heteroatoms. The molecule has 45 heavy (non-hydrogen) atoms. The van der Waals surface area contributed by atoms with Crippen molar-refractivity contribution in [2.45, 2.75) is 85.1 Å². The van der Waals surface area contributed by atoms with Crippen LogP contribution >= 0.6 is 0 Å². The Balaban J connectivity index is 1.56. The van der Waals surface area contributed by atoms with Crippen LogP contribution in [0.4, 0.5) is 35.1 Å². The summed E-state index contributed by atoms with van der Waals surface area (Å²) in [5, 5.41) is 2.92. The molecule has 0 heterocycles. The maximum atomic E-state index is 15.0. The maximum absolute atomic E-state index is 15.0. The molecule has 2 fully saturated rings. The molecule has 3 aliphatic rings. The minimum Gasteiger partial charge on any atom is -0.369 e. The van der Waals surface area contributed by atoms with Crippen LogP contribution in [-0.2, 0) is 36.3 Å². The SMILES string of the molecule is NC(=O)[C@H]1CC[C@H](C(=O)N[C@@H]2CC[C@@]3(S(=O)(=O)c4ccc(F)cc4)c4ccc(C(F)(C(F)(F)F)C(F)(F)F)cc4CC[C@@H]23)CC1. The number of benzene rings is 2. The molecule has 3 N–H and O–H groups in total. The van der Waals surface area contributed by atoms with Crippen molar-refractivity contribution in [2.75, 3.05) is 0 Å². The Morgan fingerprint density at radius 3 is 1.96 bits per heavy atom. The number of rotatable bonds is 6. The molecule has 2 saturated carbocycles. The average molecular weight is 667 g/mol. The molecule has 0 unspecified atom stereocenters. The Morgan fingerprint density at radius 1 is 0.822 bits per heavy atom. The van der Waals surface area contributed by atoms with Crippen LogP contribution in [0.5, 0.6) is 0 Å². The summed E-state index contributed by atoms with van der Waals surface area (Å²) in [4.78, 5) is 24.5. The average Bonchev–Trinajstić information content (AvgIpc) is 3.35. The van der Waals surface area contributed by atoms with Gasteiger partial charge in [-0.2, -0.15) is 26.3 Å². The van der Waals surface area contributed by atoms with Gasteiger partial charge in [0, 0.05) is 29.4 Å². The van der Waals surface area contributed by atoms with E-state index in [1.165, 1.54) is 0 Å². The Bertz CT molecular complexity index is 1570. The van der Waals surface area contributed by atoms with Crippen molar-refractivity contribution < 1.29 is 53.1 Å². The molecule has 2 aromatic carbocycles. The van der Waals surface area contributed by atoms with Crippen molar-refractivity contribution in [3.05, 3.63) is 65.0 Å². The first-order valence-corrected chi connectivity index (χ1v) is 15.9. The van der Waals surface area contributed by atoms with E-state index in [0.29, 0.717) is 37.8 Å². The fourth-order valence-electron chi connectivity index (χ4n) is 7.49. The lowest BCUT2D eigenvalue weighted by Crippen LogP contribution is -2.51. The van der Waals surface area contributed by atoms with Gasteiger partial charge in [0.25, 0.3) is 0 Å². The number of halogens is 8. The third-order valence-electron chi connectivity index (χ3n) is 9.81. The number of hydrogen-bond donors (Lipinski definition) is 2. The van der Waals surface area contributed by atoms with E-state index in [1.807, 2.05) is 0 Å². The fourth-order valence-corrected chi connectivity index (χ4v) is 9.96.